The number of ether oxygens (including phenoxy) is 2. The molecule has 6 nitrogen and oxygen atoms in total. The highest BCUT2D eigenvalue weighted by Gasteiger charge is 2.06. The van der Waals surface area contributed by atoms with Crippen molar-refractivity contribution in [3.05, 3.63) is 54.0 Å². The summed E-state index contributed by atoms with van der Waals surface area (Å²) in [5.41, 5.74) is 0.952. The summed E-state index contributed by atoms with van der Waals surface area (Å²) in [5.74, 6) is 2.05. The summed E-state index contributed by atoms with van der Waals surface area (Å²) in [6.07, 6.45) is 2.67. The van der Waals surface area contributed by atoms with Gasteiger partial charge in [0.1, 0.15) is 12.4 Å². The van der Waals surface area contributed by atoms with Crippen LogP contribution in [-0.2, 0) is 11.3 Å². The molecule has 1 heterocycles. The monoisotopic (exact) mass is 406 g/mol. The molecule has 0 aliphatic carbocycles. The van der Waals surface area contributed by atoms with Crippen molar-refractivity contribution in [2.75, 3.05) is 39.7 Å². The Bertz CT molecular complexity index is 728. The van der Waals surface area contributed by atoms with E-state index in [1.54, 1.807) is 44.2 Å². The van der Waals surface area contributed by atoms with E-state index in [-0.39, 0.29) is 5.82 Å². The summed E-state index contributed by atoms with van der Waals surface area (Å²) < 4.78 is 23.5. The Labute approximate surface area is 170 Å². The van der Waals surface area contributed by atoms with Crippen LogP contribution in [0.4, 0.5) is 4.39 Å². The van der Waals surface area contributed by atoms with Gasteiger partial charge in [0.2, 0.25) is 5.88 Å². The van der Waals surface area contributed by atoms with Crippen LogP contribution in [0.2, 0.25) is 0 Å². The van der Waals surface area contributed by atoms with Gasteiger partial charge in [0, 0.05) is 43.9 Å². The molecular weight excluding hydrogens is 379 g/mol. The summed E-state index contributed by atoms with van der Waals surface area (Å²) in [6, 6.07) is 10.4. The van der Waals surface area contributed by atoms with E-state index in [1.807, 2.05) is 12.1 Å². The molecule has 8 heteroatoms. The topological polar surface area (TPSA) is 67.8 Å². The van der Waals surface area contributed by atoms with Crippen LogP contribution in [0, 0.1) is 5.82 Å². The quantitative estimate of drug-likeness (QED) is 0.259. The molecule has 0 aliphatic heterocycles. The lowest BCUT2D eigenvalue weighted by atomic mass is 10.2. The van der Waals surface area contributed by atoms with Gasteiger partial charge in [-0.05, 0) is 42.5 Å². The maximum atomic E-state index is 12.9. The standard InChI is InChI=1S/C20H27FN4O2S/c1-22-20(24-11-4-14-28-18-8-6-17(21)7-9-18)25-15-16-5-3-10-23-19(16)27-13-12-26-2/h3,5-10H,4,11-15H2,1-2H3,(H2,22,24,25). The first-order valence-corrected chi connectivity index (χ1v) is 10.1. The minimum Gasteiger partial charge on any atom is -0.475 e. The van der Waals surface area contributed by atoms with Crippen LogP contribution in [0.25, 0.3) is 0 Å². The minimum atomic E-state index is -0.207. The molecule has 0 atom stereocenters. The lowest BCUT2D eigenvalue weighted by Crippen LogP contribution is -2.37. The number of methoxy groups -OCH3 is 1. The molecule has 0 fully saturated rings. The third-order valence-electron chi connectivity index (χ3n) is 3.74. The fourth-order valence-electron chi connectivity index (χ4n) is 2.31. The number of aliphatic imine (C=N–C) groups is 1. The van der Waals surface area contributed by atoms with Crippen molar-refractivity contribution < 1.29 is 13.9 Å². The lowest BCUT2D eigenvalue weighted by Gasteiger charge is -2.14. The van der Waals surface area contributed by atoms with Crippen LogP contribution in [0.15, 0.2) is 52.5 Å². The van der Waals surface area contributed by atoms with Crippen molar-refractivity contribution in [2.45, 2.75) is 17.9 Å². The SMILES string of the molecule is CN=C(NCCCSc1ccc(F)cc1)NCc1cccnc1OCCOC. The largest absolute Gasteiger partial charge is 0.475 e. The summed E-state index contributed by atoms with van der Waals surface area (Å²) in [5, 5.41) is 6.56. The number of aromatic nitrogens is 1. The van der Waals surface area contributed by atoms with Gasteiger partial charge in [-0.1, -0.05) is 6.07 Å². The van der Waals surface area contributed by atoms with E-state index in [0.29, 0.717) is 25.6 Å². The number of guanidine groups is 1. The van der Waals surface area contributed by atoms with Crippen molar-refractivity contribution >= 4 is 17.7 Å². The van der Waals surface area contributed by atoms with Gasteiger partial charge in [-0.25, -0.2) is 9.37 Å². The molecule has 2 aromatic rings. The number of hydrogen-bond acceptors (Lipinski definition) is 5. The Balaban J connectivity index is 1.69. The maximum Gasteiger partial charge on any atom is 0.218 e. The Morgan fingerprint density at radius 1 is 1.18 bits per heavy atom. The van der Waals surface area contributed by atoms with Crippen molar-refractivity contribution in [3.8, 4) is 5.88 Å². The number of hydrogen-bond donors (Lipinski definition) is 2. The summed E-state index contributed by atoms with van der Waals surface area (Å²) in [6.45, 7) is 2.32. The maximum absolute atomic E-state index is 12.9. The summed E-state index contributed by atoms with van der Waals surface area (Å²) >= 11 is 1.71. The average Bonchev–Trinajstić information content (AvgIpc) is 2.72. The zero-order valence-corrected chi connectivity index (χ0v) is 17.1. The van der Waals surface area contributed by atoms with E-state index in [0.717, 1.165) is 35.1 Å². The second-order valence-corrected chi connectivity index (χ2v) is 6.99. The molecule has 1 aromatic carbocycles. The van der Waals surface area contributed by atoms with E-state index < -0.39 is 0 Å². The summed E-state index contributed by atoms with van der Waals surface area (Å²) in [7, 11) is 3.37. The van der Waals surface area contributed by atoms with E-state index in [9.17, 15) is 4.39 Å². The third-order valence-corrected chi connectivity index (χ3v) is 4.84. The molecule has 2 rings (SSSR count). The van der Waals surface area contributed by atoms with Gasteiger partial charge in [0.25, 0.3) is 0 Å². The van der Waals surface area contributed by atoms with Gasteiger partial charge < -0.3 is 20.1 Å². The van der Waals surface area contributed by atoms with Crippen molar-refractivity contribution in [3.63, 3.8) is 0 Å². The first-order valence-electron chi connectivity index (χ1n) is 9.11. The van der Waals surface area contributed by atoms with Gasteiger partial charge >= 0.3 is 0 Å². The molecule has 0 radical (unpaired) electrons. The predicted octanol–water partition coefficient (Wildman–Crippen LogP) is 3.09. The van der Waals surface area contributed by atoms with Crippen LogP contribution in [0.5, 0.6) is 5.88 Å². The van der Waals surface area contributed by atoms with Crippen molar-refractivity contribution in [2.24, 2.45) is 4.99 Å². The van der Waals surface area contributed by atoms with Gasteiger partial charge in [-0.3, -0.25) is 4.99 Å². The first-order chi connectivity index (χ1) is 13.7. The van der Waals surface area contributed by atoms with Gasteiger partial charge in [-0.2, -0.15) is 0 Å². The van der Waals surface area contributed by atoms with Crippen molar-refractivity contribution in [1.29, 1.82) is 0 Å². The van der Waals surface area contributed by atoms with E-state index in [4.69, 9.17) is 9.47 Å². The molecule has 152 valence electrons. The van der Waals surface area contributed by atoms with Crippen LogP contribution in [-0.4, -0.2) is 50.6 Å². The Kier molecular flexibility index (Phi) is 10.2. The smallest absolute Gasteiger partial charge is 0.218 e. The average molecular weight is 407 g/mol. The number of nitrogens with zero attached hydrogens (tertiary/aromatic N) is 2. The minimum absolute atomic E-state index is 0.207. The van der Waals surface area contributed by atoms with Crippen LogP contribution in [0.1, 0.15) is 12.0 Å². The number of thioether (sulfide) groups is 1. The normalized spacial score (nSPS) is 11.3. The third kappa shape index (κ3) is 8.14. The zero-order chi connectivity index (χ0) is 20.0. The fourth-order valence-corrected chi connectivity index (χ4v) is 3.16. The molecular formula is C20H27FN4O2S. The number of benzene rings is 1. The summed E-state index contributed by atoms with van der Waals surface area (Å²) in [4.78, 5) is 9.58. The highest BCUT2D eigenvalue weighted by atomic mass is 32.2. The number of pyridine rings is 1. The first kappa shape index (κ1) is 22.0. The molecule has 0 aliphatic rings. The molecule has 0 bridgehead atoms. The van der Waals surface area contributed by atoms with Crippen LogP contribution >= 0.6 is 11.8 Å². The molecule has 1 aromatic heterocycles. The lowest BCUT2D eigenvalue weighted by molar-refractivity contribution is 0.143. The number of nitrogens with one attached hydrogen (secondary N) is 2. The number of halogens is 1. The Morgan fingerprint density at radius 3 is 2.75 bits per heavy atom. The van der Waals surface area contributed by atoms with Gasteiger partial charge in [0.05, 0.1) is 6.61 Å². The molecule has 0 unspecified atom stereocenters. The van der Waals surface area contributed by atoms with Gasteiger partial charge in [-0.15, -0.1) is 11.8 Å². The predicted molar refractivity (Wildman–Crippen MR) is 112 cm³/mol. The molecule has 28 heavy (non-hydrogen) atoms. The zero-order valence-electron chi connectivity index (χ0n) is 16.3. The fraction of sp³-hybridized carbons (Fsp3) is 0.400. The molecule has 2 N–H and O–H groups in total. The van der Waals surface area contributed by atoms with Crippen LogP contribution < -0.4 is 15.4 Å². The van der Waals surface area contributed by atoms with E-state index in [2.05, 4.69) is 20.6 Å². The molecule has 0 saturated heterocycles. The van der Waals surface area contributed by atoms with Crippen LogP contribution in [0.3, 0.4) is 0 Å². The second-order valence-electron chi connectivity index (χ2n) is 5.82. The second kappa shape index (κ2) is 13.0. The highest BCUT2D eigenvalue weighted by molar-refractivity contribution is 7.99. The van der Waals surface area contributed by atoms with Crippen molar-refractivity contribution in [1.82, 2.24) is 15.6 Å². The molecule has 0 saturated carbocycles. The van der Waals surface area contributed by atoms with E-state index >= 15 is 0 Å². The highest BCUT2D eigenvalue weighted by Crippen LogP contribution is 2.18. The molecule has 0 spiro atoms. The van der Waals surface area contributed by atoms with E-state index in [1.165, 1.54) is 12.1 Å². The number of rotatable bonds is 11. The molecule has 0 amide bonds. The van der Waals surface area contributed by atoms with Gasteiger partial charge in [0.15, 0.2) is 5.96 Å². The Morgan fingerprint density at radius 2 is 2.00 bits per heavy atom. The Hall–Kier alpha value is -2.32.